The lowest BCUT2D eigenvalue weighted by Crippen LogP contribution is -2.41. The van der Waals surface area contributed by atoms with E-state index in [9.17, 15) is 9.18 Å². The molecule has 0 aromatic heterocycles. The van der Waals surface area contributed by atoms with E-state index in [1.165, 1.54) is 12.1 Å². The number of oxime groups is 1. The fourth-order valence-corrected chi connectivity index (χ4v) is 1.76. The Bertz CT molecular complexity index is 514. The molecule has 1 saturated carbocycles. The van der Waals surface area contributed by atoms with E-state index in [-0.39, 0.29) is 23.5 Å². The summed E-state index contributed by atoms with van der Waals surface area (Å²) in [5, 5.41) is 16.6. The van der Waals surface area contributed by atoms with Gasteiger partial charge in [0, 0.05) is 11.7 Å². The van der Waals surface area contributed by atoms with Crippen LogP contribution >= 0.6 is 0 Å². The van der Waals surface area contributed by atoms with E-state index in [2.05, 4.69) is 15.8 Å². The van der Waals surface area contributed by atoms with Crippen molar-refractivity contribution < 1.29 is 14.4 Å². The van der Waals surface area contributed by atoms with E-state index in [1.807, 2.05) is 0 Å². The van der Waals surface area contributed by atoms with Crippen LogP contribution in [0.15, 0.2) is 23.4 Å². The second-order valence-corrected chi connectivity index (χ2v) is 4.41. The molecule has 1 aliphatic rings. The molecule has 0 aliphatic heterocycles. The predicted octanol–water partition coefficient (Wildman–Crippen LogP) is 1.59. The first-order valence-electron chi connectivity index (χ1n) is 5.95. The number of carbonyl (C=O) groups is 1. The fraction of sp³-hybridized carbons (Fsp3) is 0.333. The maximum absolute atomic E-state index is 13.4. The zero-order valence-electron chi connectivity index (χ0n) is 10.2. The van der Waals surface area contributed by atoms with Crippen molar-refractivity contribution in [1.82, 2.24) is 5.32 Å². The van der Waals surface area contributed by atoms with Gasteiger partial charge in [-0.15, -0.1) is 0 Å². The molecular formula is C12H15FN4O2. The number of hydrogen-bond donors (Lipinski definition) is 4. The van der Waals surface area contributed by atoms with Gasteiger partial charge in [0.1, 0.15) is 5.82 Å². The summed E-state index contributed by atoms with van der Waals surface area (Å²) in [6.07, 6.45) is 3.08. The van der Waals surface area contributed by atoms with Gasteiger partial charge in [-0.3, -0.25) is 0 Å². The summed E-state index contributed by atoms with van der Waals surface area (Å²) in [5.74, 6) is -0.971. The van der Waals surface area contributed by atoms with E-state index in [0.29, 0.717) is 5.69 Å². The number of anilines is 1. The highest BCUT2D eigenvalue weighted by Gasteiger charge is 2.19. The molecule has 7 heteroatoms. The molecule has 1 aromatic carbocycles. The van der Waals surface area contributed by atoms with E-state index in [0.717, 1.165) is 25.3 Å². The summed E-state index contributed by atoms with van der Waals surface area (Å²) in [5.41, 5.74) is 5.65. The first-order valence-corrected chi connectivity index (χ1v) is 5.95. The quantitative estimate of drug-likeness (QED) is 0.289. The zero-order chi connectivity index (χ0) is 13.8. The average molecular weight is 266 g/mol. The molecular weight excluding hydrogens is 251 g/mol. The summed E-state index contributed by atoms with van der Waals surface area (Å²) in [6, 6.07) is 3.73. The topological polar surface area (TPSA) is 99.7 Å². The molecule has 2 rings (SSSR count). The van der Waals surface area contributed by atoms with E-state index < -0.39 is 5.82 Å². The van der Waals surface area contributed by atoms with Gasteiger partial charge in [-0.1, -0.05) is 5.16 Å². The Kier molecular flexibility index (Phi) is 3.84. The molecule has 1 fully saturated rings. The molecule has 0 bridgehead atoms. The largest absolute Gasteiger partial charge is 0.409 e. The molecule has 19 heavy (non-hydrogen) atoms. The van der Waals surface area contributed by atoms with Gasteiger partial charge in [-0.05, 0) is 37.5 Å². The minimum atomic E-state index is -0.625. The smallest absolute Gasteiger partial charge is 0.319 e. The van der Waals surface area contributed by atoms with Crippen molar-refractivity contribution in [2.24, 2.45) is 10.9 Å². The van der Waals surface area contributed by atoms with Crippen LogP contribution in [0.25, 0.3) is 0 Å². The molecule has 5 N–H and O–H groups in total. The van der Waals surface area contributed by atoms with Gasteiger partial charge in [0.25, 0.3) is 0 Å². The summed E-state index contributed by atoms with van der Waals surface area (Å²) in [4.78, 5) is 11.6. The molecule has 0 heterocycles. The summed E-state index contributed by atoms with van der Waals surface area (Å²) >= 11 is 0. The molecule has 0 spiro atoms. The van der Waals surface area contributed by atoms with Crippen LogP contribution in [-0.4, -0.2) is 23.1 Å². The third-order valence-electron chi connectivity index (χ3n) is 3.05. The zero-order valence-corrected chi connectivity index (χ0v) is 10.2. The Labute approximate surface area is 109 Å². The van der Waals surface area contributed by atoms with Crippen molar-refractivity contribution in [3.63, 3.8) is 0 Å². The number of nitrogens with one attached hydrogen (secondary N) is 2. The Hall–Kier alpha value is -2.31. The lowest BCUT2D eigenvalue weighted by molar-refractivity contribution is 0.240. The molecule has 1 aliphatic carbocycles. The van der Waals surface area contributed by atoms with E-state index in [4.69, 9.17) is 10.9 Å². The fourth-order valence-electron chi connectivity index (χ4n) is 1.76. The van der Waals surface area contributed by atoms with Crippen molar-refractivity contribution in [1.29, 1.82) is 0 Å². The molecule has 102 valence electrons. The highest BCUT2D eigenvalue weighted by atomic mass is 19.1. The molecule has 0 saturated heterocycles. The minimum absolute atomic E-state index is 0.0658. The number of rotatable bonds is 3. The first-order chi connectivity index (χ1) is 9.10. The second-order valence-electron chi connectivity index (χ2n) is 4.41. The highest BCUT2D eigenvalue weighted by Crippen LogP contribution is 2.19. The highest BCUT2D eigenvalue weighted by molar-refractivity contribution is 5.99. The number of urea groups is 1. The number of carbonyl (C=O) groups excluding carboxylic acids is 1. The molecule has 0 atom stereocenters. The van der Waals surface area contributed by atoms with Crippen molar-refractivity contribution in [2.75, 3.05) is 5.32 Å². The van der Waals surface area contributed by atoms with Crippen molar-refractivity contribution >= 4 is 17.6 Å². The molecule has 0 radical (unpaired) electrons. The standard InChI is InChI=1S/C12H15FN4O2/c13-10-5-4-8(6-9(10)11(14)17-19)16-12(18)15-7-2-1-3-7/h4-7,19H,1-3H2,(H2,14,17)(H2,15,16,18). The van der Waals surface area contributed by atoms with Gasteiger partial charge in [0.2, 0.25) is 0 Å². The van der Waals surface area contributed by atoms with Gasteiger partial charge < -0.3 is 21.6 Å². The van der Waals surface area contributed by atoms with Gasteiger partial charge in [-0.25, -0.2) is 9.18 Å². The van der Waals surface area contributed by atoms with Crippen LogP contribution in [0.4, 0.5) is 14.9 Å². The number of nitrogens with two attached hydrogens (primary N) is 1. The normalized spacial score (nSPS) is 15.7. The number of hydrogen-bond acceptors (Lipinski definition) is 3. The van der Waals surface area contributed by atoms with Gasteiger partial charge in [-0.2, -0.15) is 0 Å². The first kappa shape index (κ1) is 13.1. The number of nitrogens with zero attached hydrogens (tertiary/aromatic N) is 1. The van der Waals surface area contributed by atoms with Gasteiger partial charge in [0.05, 0.1) is 5.56 Å². The van der Waals surface area contributed by atoms with Crippen LogP contribution in [0, 0.1) is 5.82 Å². The lowest BCUT2D eigenvalue weighted by atomic mass is 9.93. The van der Waals surface area contributed by atoms with E-state index in [1.54, 1.807) is 0 Å². The van der Waals surface area contributed by atoms with Crippen LogP contribution in [0.2, 0.25) is 0 Å². The second kappa shape index (κ2) is 5.55. The predicted molar refractivity (Wildman–Crippen MR) is 68.7 cm³/mol. The summed E-state index contributed by atoms with van der Waals surface area (Å²) in [7, 11) is 0. The van der Waals surface area contributed by atoms with Crippen molar-refractivity contribution in [2.45, 2.75) is 25.3 Å². The Morgan fingerprint density at radius 3 is 2.79 bits per heavy atom. The Morgan fingerprint density at radius 1 is 1.47 bits per heavy atom. The van der Waals surface area contributed by atoms with Crippen LogP contribution in [0.3, 0.4) is 0 Å². The summed E-state index contributed by atoms with van der Waals surface area (Å²) < 4.78 is 13.4. The number of halogens is 1. The monoisotopic (exact) mass is 266 g/mol. The van der Waals surface area contributed by atoms with Crippen LogP contribution in [0.5, 0.6) is 0 Å². The molecule has 2 amide bonds. The summed E-state index contributed by atoms with van der Waals surface area (Å²) in [6.45, 7) is 0. The van der Waals surface area contributed by atoms with E-state index >= 15 is 0 Å². The Morgan fingerprint density at radius 2 is 2.21 bits per heavy atom. The van der Waals surface area contributed by atoms with Crippen LogP contribution < -0.4 is 16.4 Å². The maximum Gasteiger partial charge on any atom is 0.319 e. The van der Waals surface area contributed by atoms with Crippen molar-refractivity contribution in [3.05, 3.63) is 29.6 Å². The third kappa shape index (κ3) is 3.12. The minimum Gasteiger partial charge on any atom is -0.409 e. The maximum atomic E-state index is 13.4. The van der Waals surface area contributed by atoms with Crippen LogP contribution in [-0.2, 0) is 0 Å². The number of amides is 2. The molecule has 1 aromatic rings. The van der Waals surface area contributed by atoms with Crippen LogP contribution in [0.1, 0.15) is 24.8 Å². The van der Waals surface area contributed by atoms with Gasteiger partial charge in [0.15, 0.2) is 5.84 Å². The molecule has 0 unspecified atom stereocenters. The molecule has 6 nitrogen and oxygen atoms in total. The average Bonchev–Trinajstić information content (AvgIpc) is 2.35. The SMILES string of the molecule is N/C(=N/O)c1cc(NC(=O)NC2CCC2)ccc1F. The number of amidine groups is 1. The number of benzene rings is 1. The lowest BCUT2D eigenvalue weighted by Gasteiger charge is -2.26. The Balaban J connectivity index is 2.05. The van der Waals surface area contributed by atoms with Crippen molar-refractivity contribution in [3.8, 4) is 0 Å². The third-order valence-corrected chi connectivity index (χ3v) is 3.05. The van der Waals surface area contributed by atoms with Gasteiger partial charge >= 0.3 is 6.03 Å².